The maximum Gasteiger partial charge on any atom is 0.307 e. The van der Waals surface area contributed by atoms with E-state index >= 15 is 0 Å². The predicted molar refractivity (Wildman–Crippen MR) is 140 cm³/mol. The average Bonchev–Trinajstić information content (AvgIpc) is 2.85. The van der Waals surface area contributed by atoms with E-state index in [1.165, 1.54) is 17.7 Å². The highest BCUT2D eigenvalue weighted by molar-refractivity contribution is 7.91. The molecule has 8 nitrogen and oxygen atoms in total. The van der Waals surface area contributed by atoms with Gasteiger partial charge in [-0.2, -0.15) is 4.98 Å². The van der Waals surface area contributed by atoms with Gasteiger partial charge in [-0.1, -0.05) is 35.9 Å². The van der Waals surface area contributed by atoms with Crippen LogP contribution in [0.3, 0.4) is 0 Å². The molecule has 0 radical (unpaired) electrons. The molecule has 3 aromatic rings. The molecule has 2 aliphatic heterocycles. The number of halogens is 2. The fraction of sp³-hybridized carbons (Fsp3) is 0.269. The number of anilines is 3. The van der Waals surface area contributed by atoms with Crippen molar-refractivity contribution in [2.24, 2.45) is 0 Å². The Hall–Kier alpha value is -3.50. The van der Waals surface area contributed by atoms with Gasteiger partial charge in [-0.15, -0.1) is 0 Å². The minimum absolute atomic E-state index is 0.00493. The van der Waals surface area contributed by atoms with Crippen LogP contribution in [-0.4, -0.2) is 48.3 Å². The number of carbonyl (C=O) groups is 1. The predicted octanol–water partition coefficient (Wildman–Crippen LogP) is 4.65. The first-order valence-corrected chi connectivity index (χ1v) is 13.8. The summed E-state index contributed by atoms with van der Waals surface area (Å²) in [5.41, 5.74) is 2.98. The van der Waals surface area contributed by atoms with Crippen LogP contribution in [0.2, 0.25) is 5.02 Å². The van der Waals surface area contributed by atoms with Crippen molar-refractivity contribution in [1.29, 1.82) is 0 Å². The first-order valence-electron chi connectivity index (χ1n) is 11.8. The second-order valence-corrected chi connectivity index (χ2v) is 11.5. The molecule has 0 saturated carbocycles. The first kappa shape index (κ1) is 25.2. The summed E-state index contributed by atoms with van der Waals surface area (Å²) in [7, 11) is -3.65. The third-order valence-corrected chi connectivity index (χ3v) is 8.54. The lowest BCUT2D eigenvalue weighted by Crippen LogP contribution is -2.31. The Morgan fingerprint density at radius 1 is 1.14 bits per heavy atom. The van der Waals surface area contributed by atoms with Crippen LogP contribution in [0.1, 0.15) is 29.7 Å². The Morgan fingerprint density at radius 2 is 1.92 bits per heavy atom. The molecule has 0 bridgehead atoms. The highest BCUT2D eigenvalue weighted by Gasteiger charge is 2.31. The number of aryl methyl sites for hydroxylation is 1. The van der Waals surface area contributed by atoms with Crippen LogP contribution in [0, 0.1) is 5.82 Å². The minimum Gasteiger partial charge on any atom is -0.481 e. The Bertz CT molecular complexity index is 1510. The van der Waals surface area contributed by atoms with Gasteiger partial charge >= 0.3 is 5.97 Å². The minimum atomic E-state index is -3.65. The van der Waals surface area contributed by atoms with Crippen LogP contribution in [0.25, 0.3) is 5.57 Å². The number of nitrogens with one attached hydrogen (secondary N) is 1. The SMILES string of the molecule is O=C(O)Cc1ccc(Nc2nc(N3CC=C(c4ccc(Cl)cc4)CC3)nc3c2S(=O)(=O)CCC3)c(F)c1. The van der Waals surface area contributed by atoms with Crippen LogP contribution in [0.4, 0.5) is 21.8 Å². The molecule has 1 aromatic heterocycles. The van der Waals surface area contributed by atoms with Crippen molar-refractivity contribution in [2.75, 3.05) is 29.1 Å². The summed E-state index contributed by atoms with van der Waals surface area (Å²) >= 11 is 6.00. The number of hydrogen-bond donors (Lipinski definition) is 2. The van der Waals surface area contributed by atoms with E-state index in [1.54, 1.807) is 0 Å². The molecular formula is C26H24ClFN4O4S. The van der Waals surface area contributed by atoms with Crippen molar-refractivity contribution in [3.63, 3.8) is 0 Å². The summed E-state index contributed by atoms with van der Waals surface area (Å²) in [6.07, 6.45) is 3.42. The number of carboxylic acids is 1. The van der Waals surface area contributed by atoms with E-state index in [-0.39, 0.29) is 28.6 Å². The fourth-order valence-electron chi connectivity index (χ4n) is 4.59. The molecular weight excluding hydrogens is 519 g/mol. The molecule has 0 unspecified atom stereocenters. The van der Waals surface area contributed by atoms with Gasteiger partial charge in [0.05, 0.1) is 23.6 Å². The molecule has 2 N–H and O–H groups in total. The number of rotatable bonds is 6. The van der Waals surface area contributed by atoms with Crippen molar-refractivity contribution >= 4 is 50.4 Å². The van der Waals surface area contributed by atoms with Crippen LogP contribution >= 0.6 is 11.6 Å². The van der Waals surface area contributed by atoms with E-state index < -0.39 is 21.6 Å². The Balaban J connectivity index is 1.48. The van der Waals surface area contributed by atoms with Gasteiger partial charge in [-0.25, -0.2) is 17.8 Å². The topological polar surface area (TPSA) is 112 Å². The van der Waals surface area contributed by atoms with Crippen molar-refractivity contribution in [1.82, 2.24) is 9.97 Å². The zero-order valence-corrected chi connectivity index (χ0v) is 21.3. The van der Waals surface area contributed by atoms with Crippen LogP contribution < -0.4 is 10.2 Å². The molecule has 3 heterocycles. The Labute approximate surface area is 218 Å². The van der Waals surface area contributed by atoms with Crippen LogP contribution in [0.15, 0.2) is 53.4 Å². The molecule has 0 saturated heterocycles. The van der Waals surface area contributed by atoms with Crippen LogP contribution in [0.5, 0.6) is 0 Å². The normalized spacial score (nSPS) is 16.6. The third-order valence-electron chi connectivity index (χ3n) is 6.41. The van der Waals surface area contributed by atoms with Gasteiger partial charge < -0.3 is 15.3 Å². The van der Waals surface area contributed by atoms with E-state index in [2.05, 4.69) is 21.4 Å². The monoisotopic (exact) mass is 542 g/mol. The quantitative estimate of drug-likeness (QED) is 0.463. The van der Waals surface area contributed by atoms with E-state index in [1.807, 2.05) is 29.2 Å². The number of sulfone groups is 1. The standard InChI is InChI=1S/C26H24ClFN4O4S/c27-19-6-4-17(5-7-19)18-9-11-32(12-10-18)26-30-22-2-1-13-37(35,36)24(22)25(31-26)29-21-8-3-16(14-20(21)28)15-23(33)34/h3-9,14H,1-2,10-13,15H2,(H,33,34)(H,29,30,31). The molecule has 192 valence electrons. The summed E-state index contributed by atoms with van der Waals surface area (Å²) < 4.78 is 40.7. The van der Waals surface area contributed by atoms with Gasteiger partial charge in [0.15, 0.2) is 15.7 Å². The molecule has 2 aromatic carbocycles. The fourth-order valence-corrected chi connectivity index (χ4v) is 6.34. The highest BCUT2D eigenvalue weighted by Crippen LogP contribution is 2.35. The van der Waals surface area contributed by atoms with E-state index in [4.69, 9.17) is 16.7 Å². The molecule has 0 aliphatic carbocycles. The number of hydrogen-bond acceptors (Lipinski definition) is 7. The molecule has 11 heteroatoms. The number of benzene rings is 2. The summed E-state index contributed by atoms with van der Waals surface area (Å²) in [4.78, 5) is 22.0. The Kier molecular flexibility index (Phi) is 6.87. The molecule has 37 heavy (non-hydrogen) atoms. The number of nitrogens with zero attached hydrogens (tertiary/aromatic N) is 3. The van der Waals surface area contributed by atoms with Gasteiger partial charge in [0.2, 0.25) is 5.95 Å². The summed E-state index contributed by atoms with van der Waals surface area (Å²) in [6, 6.07) is 11.6. The lowest BCUT2D eigenvalue weighted by molar-refractivity contribution is -0.136. The lowest BCUT2D eigenvalue weighted by Gasteiger charge is -2.29. The average molecular weight is 543 g/mol. The second kappa shape index (κ2) is 10.1. The lowest BCUT2D eigenvalue weighted by atomic mass is 10.00. The van der Waals surface area contributed by atoms with E-state index in [0.29, 0.717) is 48.2 Å². The number of aromatic nitrogens is 2. The van der Waals surface area contributed by atoms with Gasteiger partial charge in [-0.05, 0) is 60.2 Å². The van der Waals surface area contributed by atoms with Crippen molar-refractivity contribution in [3.8, 4) is 0 Å². The van der Waals surface area contributed by atoms with E-state index in [0.717, 1.165) is 18.1 Å². The summed E-state index contributed by atoms with van der Waals surface area (Å²) in [5.74, 6) is -1.41. The van der Waals surface area contributed by atoms with Gasteiger partial charge in [0, 0.05) is 18.1 Å². The van der Waals surface area contributed by atoms with Crippen LogP contribution in [-0.2, 0) is 27.5 Å². The number of fused-ring (bicyclic) bond motifs is 1. The molecule has 0 spiro atoms. The third kappa shape index (κ3) is 5.45. The zero-order valence-electron chi connectivity index (χ0n) is 19.7. The molecule has 0 fully saturated rings. The number of aliphatic carboxylic acids is 1. The second-order valence-electron chi connectivity index (χ2n) is 9.01. The van der Waals surface area contributed by atoms with Crippen molar-refractivity contribution in [3.05, 3.63) is 76.2 Å². The molecule has 5 rings (SSSR count). The molecule has 2 aliphatic rings. The highest BCUT2D eigenvalue weighted by atomic mass is 35.5. The smallest absolute Gasteiger partial charge is 0.307 e. The molecule has 0 amide bonds. The largest absolute Gasteiger partial charge is 0.481 e. The zero-order chi connectivity index (χ0) is 26.2. The van der Waals surface area contributed by atoms with Gasteiger partial charge in [-0.3, -0.25) is 4.79 Å². The summed E-state index contributed by atoms with van der Waals surface area (Å²) in [6.45, 7) is 1.15. The Morgan fingerprint density at radius 3 is 2.59 bits per heavy atom. The number of carboxylic acid groups (broad SMARTS) is 1. The molecule has 0 atom stereocenters. The maximum atomic E-state index is 14.8. The van der Waals surface area contributed by atoms with Crippen molar-refractivity contribution < 1.29 is 22.7 Å². The van der Waals surface area contributed by atoms with Gasteiger partial charge in [0.1, 0.15) is 10.7 Å². The maximum absolute atomic E-state index is 14.8. The van der Waals surface area contributed by atoms with Crippen molar-refractivity contribution in [2.45, 2.75) is 30.6 Å². The first-order chi connectivity index (χ1) is 17.7. The summed E-state index contributed by atoms with van der Waals surface area (Å²) in [5, 5.41) is 12.5. The van der Waals surface area contributed by atoms with Gasteiger partial charge in [0.25, 0.3) is 0 Å². The van der Waals surface area contributed by atoms with E-state index in [9.17, 15) is 17.6 Å².